The summed E-state index contributed by atoms with van der Waals surface area (Å²) < 4.78 is 68.7. The Labute approximate surface area is 632 Å². The summed E-state index contributed by atoms with van der Waals surface area (Å²) in [6.45, 7) is 7.35. The zero-order chi connectivity index (χ0) is 75.5. The minimum absolute atomic E-state index is 0.108. The third kappa shape index (κ3) is 78.0. The lowest BCUT2D eigenvalue weighted by molar-refractivity contribution is -0.161. The molecule has 0 spiro atoms. The van der Waals surface area contributed by atoms with Crippen molar-refractivity contribution in [1.82, 2.24) is 0 Å². The first-order valence-electron chi connectivity index (χ1n) is 43.6. The molecule has 5 atom stereocenters. The molecular formula is C84H164O17P2. The molecule has 0 rings (SSSR count). The van der Waals surface area contributed by atoms with E-state index in [2.05, 4.69) is 34.6 Å². The Bertz CT molecular complexity index is 1960. The Morgan fingerprint density at radius 2 is 0.447 bits per heavy atom. The van der Waals surface area contributed by atoms with Crippen LogP contribution in [0.2, 0.25) is 0 Å². The fourth-order valence-electron chi connectivity index (χ4n) is 13.1. The van der Waals surface area contributed by atoms with E-state index in [9.17, 15) is 43.2 Å². The highest BCUT2D eigenvalue weighted by atomic mass is 31.2. The molecule has 0 aliphatic heterocycles. The number of carbonyl (C=O) groups excluding carboxylic acids is 4. The molecule has 0 heterocycles. The fourth-order valence-corrected chi connectivity index (χ4v) is 14.7. The third-order valence-electron chi connectivity index (χ3n) is 19.8. The van der Waals surface area contributed by atoms with Gasteiger partial charge in [-0.2, -0.15) is 0 Å². The van der Waals surface area contributed by atoms with Gasteiger partial charge in [0.1, 0.15) is 19.3 Å². The van der Waals surface area contributed by atoms with E-state index in [1.54, 1.807) is 0 Å². The molecule has 0 saturated heterocycles. The zero-order valence-electron chi connectivity index (χ0n) is 67.5. The van der Waals surface area contributed by atoms with Crippen molar-refractivity contribution in [1.29, 1.82) is 0 Å². The molecule has 0 radical (unpaired) electrons. The largest absolute Gasteiger partial charge is 0.472 e. The number of hydrogen-bond acceptors (Lipinski definition) is 15. The lowest BCUT2D eigenvalue weighted by atomic mass is 10.0. The van der Waals surface area contributed by atoms with Crippen molar-refractivity contribution in [2.24, 2.45) is 5.92 Å². The van der Waals surface area contributed by atoms with Crippen LogP contribution in [0.3, 0.4) is 0 Å². The van der Waals surface area contributed by atoms with Gasteiger partial charge in [0.2, 0.25) is 0 Å². The van der Waals surface area contributed by atoms with Gasteiger partial charge in [0.25, 0.3) is 0 Å². The van der Waals surface area contributed by atoms with Crippen LogP contribution in [-0.4, -0.2) is 96.7 Å². The first-order valence-corrected chi connectivity index (χ1v) is 46.6. The predicted molar refractivity (Wildman–Crippen MR) is 423 cm³/mol. The van der Waals surface area contributed by atoms with Gasteiger partial charge < -0.3 is 33.8 Å². The van der Waals surface area contributed by atoms with Crippen LogP contribution in [0, 0.1) is 5.92 Å². The van der Waals surface area contributed by atoms with E-state index in [1.165, 1.54) is 270 Å². The van der Waals surface area contributed by atoms with Gasteiger partial charge in [-0.05, 0) is 31.6 Å². The first-order chi connectivity index (χ1) is 50.0. The van der Waals surface area contributed by atoms with Crippen LogP contribution in [0.1, 0.15) is 452 Å². The Morgan fingerprint density at radius 1 is 0.262 bits per heavy atom. The van der Waals surface area contributed by atoms with Gasteiger partial charge in [0.15, 0.2) is 12.2 Å². The normalized spacial score (nSPS) is 13.8. The quantitative estimate of drug-likeness (QED) is 0.0222. The third-order valence-corrected chi connectivity index (χ3v) is 21.7. The highest BCUT2D eigenvalue weighted by Crippen LogP contribution is 2.45. The number of ether oxygens (including phenoxy) is 4. The highest BCUT2D eigenvalue weighted by Gasteiger charge is 2.30. The lowest BCUT2D eigenvalue weighted by Gasteiger charge is -2.21. The molecule has 0 aromatic heterocycles. The number of carbonyl (C=O) groups is 4. The van der Waals surface area contributed by atoms with Gasteiger partial charge >= 0.3 is 39.5 Å². The van der Waals surface area contributed by atoms with E-state index in [0.29, 0.717) is 25.7 Å². The molecule has 0 aliphatic carbocycles. The first kappa shape index (κ1) is 101. The van der Waals surface area contributed by atoms with E-state index < -0.39 is 97.5 Å². The second kappa shape index (κ2) is 76.8. The van der Waals surface area contributed by atoms with Gasteiger partial charge in [-0.1, -0.05) is 401 Å². The van der Waals surface area contributed by atoms with E-state index in [0.717, 1.165) is 102 Å². The molecule has 17 nitrogen and oxygen atoms in total. The van der Waals surface area contributed by atoms with Gasteiger partial charge in [-0.15, -0.1) is 0 Å². The Morgan fingerprint density at radius 3 is 0.660 bits per heavy atom. The fraction of sp³-hybridized carbons (Fsp3) is 0.952. The summed E-state index contributed by atoms with van der Waals surface area (Å²) in [5.41, 5.74) is 0. The Hall–Kier alpha value is -1.94. The van der Waals surface area contributed by atoms with E-state index >= 15 is 0 Å². The molecule has 0 amide bonds. The van der Waals surface area contributed by atoms with Crippen LogP contribution in [0.15, 0.2) is 0 Å². The van der Waals surface area contributed by atoms with Crippen molar-refractivity contribution in [3.05, 3.63) is 0 Å². The summed E-state index contributed by atoms with van der Waals surface area (Å²) in [6.07, 6.45) is 69.6. The molecule has 612 valence electrons. The topological polar surface area (TPSA) is 237 Å². The molecule has 3 N–H and O–H groups in total. The van der Waals surface area contributed by atoms with Crippen LogP contribution in [0.4, 0.5) is 0 Å². The number of rotatable bonds is 84. The predicted octanol–water partition coefficient (Wildman–Crippen LogP) is 25.6. The summed E-state index contributed by atoms with van der Waals surface area (Å²) in [6, 6.07) is 0. The summed E-state index contributed by atoms with van der Waals surface area (Å²) >= 11 is 0. The van der Waals surface area contributed by atoms with Crippen LogP contribution in [0.25, 0.3) is 0 Å². The summed E-state index contributed by atoms with van der Waals surface area (Å²) in [7, 11) is -9.92. The van der Waals surface area contributed by atoms with Gasteiger partial charge in [-0.3, -0.25) is 37.3 Å². The number of phosphoric acid groups is 2. The van der Waals surface area contributed by atoms with Crippen LogP contribution >= 0.6 is 15.6 Å². The van der Waals surface area contributed by atoms with Crippen molar-refractivity contribution in [2.75, 3.05) is 39.6 Å². The number of aliphatic hydroxyl groups is 1. The molecule has 0 fully saturated rings. The second-order valence-corrected chi connectivity index (χ2v) is 33.6. The van der Waals surface area contributed by atoms with Crippen LogP contribution in [0.5, 0.6) is 0 Å². The summed E-state index contributed by atoms with van der Waals surface area (Å²) in [5.74, 6) is -1.29. The SMILES string of the molecule is CCCCCCCCCCCCCCCCCCCCCCCC(=O)OC[C@H](COP(=O)(O)OC[C@@H](O)COP(=O)(O)OC[C@@H](COC(=O)CCCCCCCCCC)OC(=O)CCCCCCCCCCCCCCC)OC(=O)CCCCCCCCCCCCCCCCCCCCC(C)C. The standard InChI is InChI=1S/C84H164O17P2/c1-6-9-12-15-18-21-23-25-26-27-28-29-30-34-37-41-44-48-53-58-63-68-82(87)95-74-80(101-84(89)70-65-60-55-50-46-42-38-35-32-31-33-36-40-43-47-51-56-61-66-77(4)5)76-99-103(92,93)97-72-78(85)71-96-102(90,91)98-75-79(73-94-81(86)67-62-57-52-20-17-14-11-8-3)100-83(88)69-64-59-54-49-45-39-24-22-19-16-13-10-7-2/h77-80,85H,6-76H2,1-5H3,(H,90,91)(H,92,93)/t78-,79+,80+/m0/s1. The Kier molecular flexibility index (Phi) is 75.4. The number of unbranched alkanes of at least 4 members (excludes halogenated alkanes) is 56. The van der Waals surface area contributed by atoms with Crippen LogP contribution < -0.4 is 0 Å². The maximum absolute atomic E-state index is 13.1. The molecular weight excluding hydrogens is 1340 g/mol. The number of phosphoric ester groups is 2. The molecule has 19 heteroatoms. The lowest BCUT2D eigenvalue weighted by Crippen LogP contribution is -2.30. The Balaban J connectivity index is 5.17. The minimum Gasteiger partial charge on any atom is -0.462 e. The maximum Gasteiger partial charge on any atom is 0.472 e. The number of aliphatic hydroxyl groups excluding tert-OH is 1. The van der Waals surface area contributed by atoms with Crippen molar-refractivity contribution in [3.8, 4) is 0 Å². The highest BCUT2D eigenvalue weighted by molar-refractivity contribution is 7.47. The van der Waals surface area contributed by atoms with Crippen molar-refractivity contribution in [3.63, 3.8) is 0 Å². The van der Waals surface area contributed by atoms with Gasteiger partial charge in [0.05, 0.1) is 26.4 Å². The van der Waals surface area contributed by atoms with E-state index in [4.69, 9.17) is 37.0 Å². The average molecular weight is 1510 g/mol. The van der Waals surface area contributed by atoms with Crippen molar-refractivity contribution >= 4 is 39.5 Å². The maximum atomic E-state index is 13.1. The molecule has 0 aromatic carbocycles. The monoisotopic (exact) mass is 1510 g/mol. The van der Waals surface area contributed by atoms with Crippen molar-refractivity contribution < 1.29 is 80.2 Å². The van der Waals surface area contributed by atoms with Gasteiger partial charge in [0, 0.05) is 25.7 Å². The smallest absolute Gasteiger partial charge is 0.462 e. The zero-order valence-corrected chi connectivity index (χ0v) is 69.3. The molecule has 0 bridgehead atoms. The minimum atomic E-state index is -4.96. The van der Waals surface area contributed by atoms with E-state index in [-0.39, 0.29) is 25.7 Å². The van der Waals surface area contributed by atoms with Crippen LogP contribution in [-0.2, 0) is 65.4 Å². The number of esters is 4. The summed E-state index contributed by atoms with van der Waals surface area (Å²) in [5, 5.41) is 10.6. The summed E-state index contributed by atoms with van der Waals surface area (Å²) in [4.78, 5) is 73.0. The van der Waals surface area contributed by atoms with Crippen molar-refractivity contribution in [2.45, 2.75) is 470 Å². The van der Waals surface area contributed by atoms with E-state index in [1.807, 2.05) is 0 Å². The van der Waals surface area contributed by atoms with Gasteiger partial charge in [-0.25, -0.2) is 9.13 Å². The average Bonchev–Trinajstić information content (AvgIpc) is 0.935. The molecule has 0 saturated carbocycles. The molecule has 103 heavy (non-hydrogen) atoms. The molecule has 0 aromatic rings. The number of hydrogen-bond donors (Lipinski definition) is 3. The second-order valence-electron chi connectivity index (χ2n) is 30.7. The molecule has 2 unspecified atom stereocenters. The molecule has 0 aliphatic rings.